The SMILES string of the molecule is CCOc1ccc(Cl)cc1-c1cc2cc(C)ccn2c1C=O. The van der Waals surface area contributed by atoms with Crippen LogP contribution in [0.4, 0.5) is 0 Å². The molecule has 22 heavy (non-hydrogen) atoms. The first kappa shape index (κ1) is 14.7. The molecule has 3 rings (SSSR count). The fraction of sp³-hybridized carbons (Fsp3) is 0.167. The summed E-state index contributed by atoms with van der Waals surface area (Å²) in [6.07, 6.45) is 2.77. The van der Waals surface area contributed by atoms with Gasteiger partial charge in [0.1, 0.15) is 5.75 Å². The summed E-state index contributed by atoms with van der Waals surface area (Å²) in [5.41, 5.74) is 4.37. The van der Waals surface area contributed by atoms with Crippen molar-refractivity contribution in [2.24, 2.45) is 0 Å². The molecule has 3 nitrogen and oxygen atoms in total. The average molecular weight is 314 g/mol. The molecule has 0 atom stereocenters. The summed E-state index contributed by atoms with van der Waals surface area (Å²) in [4.78, 5) is 11.6. The number of carbonyl (C=O) groups excluding carboxylic acids is 1. The normalized spacial score (nSPS) is 10.9. The molecular formula is C18H16ClNO2. The number of rotatable bonds is 4. The van der Waals surface area contributed by atoms with E-state index in [-0.39, 0.29) is 0 Å². The number of hydrogen-bond acceptors (Lipinski definition) is 2. The molecule has 0 amide bonds. The summed E-state index contributed by atoms with van der Waals surface area (Å²) in [7, 11) is 0. The largest absolute Gasteiger partial charge is 0.493 e. The van der Waals surface area contributed by atoms with Crippen LogP contribution in [-0.4, -0.2) is 17.3 Å². The maximum atomic E-state index is 11.6. The first-order valence-electron chi connectivity index (χ1n) is 7.13. The Morgan fingerprint density at radius 1 is 1.18 bits per heavy atom. The van der Waals surface area contributed by atoms with Crippen molar-refractivity contribution in [3.63, 3.8) is 0 Å². The Morgan fingerprint density at radius 2 is 2.00 bits per heavy atom. The Morgan fingerprint density at radius 3 is 2.73 bits per heavy atom. The zero-order valence-corrected chi connectivity index (χ0v) is 13.2. The van der Waals surface area contributed by atoms with Crippen molar-refractivity contribution in [3.8, 4) is 16.9 Å². The molecule has 0 saturated carbocycles. The minimum absolute atomic E-state index is 0.553. The van der Waals surface area contributed by atoms with Crippen LogP contribution in [0, 0.1) is 6.92 Å². The second-order valence-corrected chi connectivity index (χ2v) is 5.57. The second-order valence-electron chi connectivity index (χ2n) is 5.13. The third-order valence-corrected chi connectivity index (χ3v) is 3.85. The Labute approximate surface area is 134 Å². The van der Waals surface area contributed by atoms with Crippen molar-refractivity contribution < 1.29 is 9.53 Å². The lowest BCUT2D eigenvalue weighted by atomic mass is 10.0. The van der Waals surface area contributed by atoms with Crippen LogP contribution in [-0.2, 0) is 0 Å². The third kappa shape index (κ3) is 2.48. The summed E-state index contributed by atoms with van der Waals surface area (Å²) >= 11 is 6.14. The second kappa shape index (κ2) is 5.85. The number of benzene rings is 1. The van der Waals surface area contributed by atoms with Crippen molar-refractivity contribution in [1.82, 2.24) is 4.40 Å². The van der Waals surface area contributed by atoms with Crippen LogP contribution in [0.3, 0.4) is 0 Å². The molecule has 1 aromatic carbocycles. The molecular weight excluding hydrogens is 298 g/mol. The fourth-order valence-electron chi connectivity index (χ4n) is 2.64. The van der Waals surface area contributed by atoms with E-state index < -0.39 is 0 Å². The number of aryl methyl sites for hydroxylation is 1. The Balaban J connectivity index is 2.30. The van der Waals surface area contributed by atoms with E-state index in [1.807, 2.05) is 54.8 Å². The van der Waals surface area contributed by atoms with Crippen molar-refractivity contribution in [2.45, 2.75) is 13.8 Å². The summed E-state index contributed by atoms with van der Waals surface area (Å²) < 4.78 is 7.56. The maximum absolute atomic E-state index is 11.6. The van der Waals surface area contributed by atoms with Crippen LogP contribution in [0.2, 0.25) is 5.02 Å². The molecule has 0 aliphatic heterocycles. The fourth-order valence-corrected chi connectivity index (χ4v) is 2.81. The van der Waals surface area contributed by atoms with Gasteiger partial charge in [-0.3, -0.25) is 4.79 Å². The number of ether oxygens (including phenoxy) is 1. The Bertz CT molecular complexity index is 852. The van der Waals surface area contributed by atoms with Crippen molar-refractivity contribution in [2.75, 3.05) is 6.61 Å². The smallest absolute Gasteiger partial charge is 0.167 e. The summed E-state index contributed by atoms with van der Waals surface area (Å²) in [6.45, 7) is 4.51. The molecule has 0 N–H and O–H groups in total. The van der Waals surface area contributed by atoms with E-state index in [4.69, 9.17) is 16.3 Å². The molecule has 0 bridgehead atoms. The molecule has 0 aliphatic carbocycles. The number of nitrogens with zero attached hydrogens (tertiary/aromatic N) is 1. The molecule has 2 heterocycles. The molecule has 0 spiro atoms. The lowest BCUT2D eigenvalue weighted by Gasteiger charge is -2.10. The van der Waals surface area contributed by atoms with Gasteiger partial charge in [-0.05, 0) is 55.8 Å². The van der Waals surface area contributed by atoms with Crippen LogP contribution in [0.1, 0.15) is 23.0 Å². The van der Waals surface area contributed by atoms with Crippen molar-refractivity contribution in [1.29, 1.82) is 0 Å². The minimum Gasteiger partial charge on any atom is -0.493 e. The van der Waals surface area contributed by atoms with E-state index >= 15 is 0 Å². The van der Waals surface area contributed by atoms with Gasteiger partial charge in [-0.25, -0.2) is 0 Å². The Hall–Kier alpha value is -2.26. The van der Waals surface area contributed by atoms with Crippen LogP contribution < -0.4 is 4.74 Å². The molecule has 0 saturated heterocycles. The number of hydrogen-bond donors (Lipinski definition) is 0. The molecule has 3 aromatic rings. The van der Waals surface area contributed by atoms with Gasteiger partial charge in [-0.15, -0.1) is 0 Å². The van der Waals surface area contributed by atoms with Gasteiger partial charge in [0.25, 0.3) is 0 Å². The molecule has 112 valence electrons. The summed E-state index contributed by atoms with van der Waals surface area (Å²) in [5.74, 6) is 0.725. The van der Waals surface area contributed by atoms with E-state index in [0.29, 0.717) is 17.3 Å². The highest BCUT2D eigenvalue weighted by atomic mass is 35.5. The van der Waals surface area contributed by atoms with Gasteiger partial charge in [-0.1, -0.05) is 11.6 Å². The first-order chi connectivity index (χ1) is 10.6. The predicted octanol–water partition coefficient (Wildman–Crippen LogP) is 4.78. The predicted molar refractivity (Wildman–Crippen MR) is 89.1 cm³/mol. The summed E-state index contributed by atoms with van der Waals surface area (Å²) in [5, 5.41) is 0.613. The first-order valence-corrected chi connectivity index (χ1v) is 7.51. The highest BCUT2D eigenvalue weighted by Gasteiger charge is 2.16. The van der Waals surface area contributed by atoms with Crippen molar-refractivity contribution >= 4 is 23.4 Å². The van der Waals surface area contributed by atoms with Gasteiger partial charge in [0.05, 0.1) is 12.3 Å². The topological polar surface area (TPSA) is 30.7 Å². The highest BCUT2D eigenvalue weighted by molar-refractivity contribution is 6.31. The number of halogens is 1. The van der Waals surface area contributed by atoms with Gasteiger partial charge >= 0.3 is 0 Å². The Kier molecular flexibility index (Phi) is 3.90. The molecule has 0 radical (unpaired) electrons. The van der Waals surface area contributed by atoms with Crippen molar-refractivity contribution in [3.05, 3.63) is 58.9 Å². The number of pyridine rings is 1. The third-order valence-electron chi connectivity index (χ3n) is 3.61. The number of aromatic nitrogens is 1. The van der Waals surface area contributed by atoms with E-state index in [1.165, 1.54) is 0 Å². The van der Waals surface area contributed by atoms with Crippen LogP contribution in [0.5, 0.6) is 5.75 Å². The summed E-state index contributed by atoms with van der Waals surface area (Å²) in [6, 6.07) is 11.5. The zero-order valence-electron chi connectivity index (χ0n) is 12.5. The molecule has 4 heteroatoms. The maximum Gasteiger partial charge on any atom is 0.167 e. The van der Waals surface area contributed by atoms with E-state index in [1.54, 1.807) is 6.07 Å². The van der Waals surface area contributed by atoms with Gasteiger partial charge in [0.2, 0.25) is 0 Å². The molecule has 0 aliphatic rings. The number of fused-ring (bicyclic) bond motifs is 1. The quantitative estimate of drug-likeness (QED) is 0.649. The number of aldehydes is 1. The minimum atomic E-state index is 0.553. The number of carbonyl (C=O) groups is 1. The van der Waals surface area contributed by atoms with Crippen LogP contribution in [0.15, 0.2) is 42.6 Å². The molecule has 0 unspecified atom stereocenters. The lowest BCUT2D eigenvalue weighted by Crippen LogP contribution is -1.96. The van der Waals surface area contributed by atoms with Gasteiger partial charge in [0.15, 0.2) is 6.29 Å². The van der Waals surface area contributed by atoms with E-state index in [0.717, 1.165) is 34.2 Å². The van der Waals surface area contributed by atoms with Crippen LogP contribution in [0.25, 0.3) is 16.6 Å². The van der Waals surface area contributed by atoms with Crippen LogP contribution >= 0.6 is 11.6 Å². The zero-order chi connectivity index (χ0) is 15.7. The lowest BCUT2D eigenvalue weighted by molar-refractivity contribution is 0.111. The monoisotopic (exact) mass is 313 g/mol. The van der Waals surface area contributed by atoms with E-state index in [2.05, 4.69) is 0 Å². The standard InChI is InChI=1S/C18H16ClNO2/c1-3-22-18-5-4-13(19)9-16(18)15-10-14-8-12(2)6-7-20(14)17(15)11-21/h4-11H,3H2,1-2H3. The van der Waals surface area contributed by atoms with Gasteiger partial charge in [0, 0.05) is 27.9 Å². The van der Waals surface area contributed by atoms with Gasteiger partial charge < -0.3 is 9.14 Å². The molecule has 2 aromatic heterocycles. The average Bonchev–Trinajstić information content (AvgIpc) is 2.86. The van der Waals surface area contributed by atoms with Gasteiger partial charge in [-0.2, -0.15) is 0 Å². The molecule has 0 fully saturated rings. The highest BCUT2D eigenvalue weighted by Crippen LogP contribution is 2.36. The van der Waals surface area contributed by atoms with E-state index in [9.17, 15) is 4.79 Å².